The van der Waals surface area contributed by atoms with Crippen molar-refractivity contribution in [2.24, 2.45) is 0 Å². The molecule has 0 aliphatic carbocycles. The highest BCUT2D eigenvalue weighted by Crippen LogP contribution is 2.36. The molecule has 0 saturated heterocycles. The van der Waals surface area contributed by atoms with Crippen LogP contribution >= 0.6 is 22.9 Å². The Morgan fingerprint density at radius 2 is 1.78 bits per heavy atom. The molecule has 0 radical (unpaired) electrons. The molecule has 32 heavy (non-hydrogen) atoms. The van der Waals surface area contributed by atoms with E-state index in [1.54, 1.807) is 0 Å². The SMILES string of the molecule is COC(=O)c1sc(NC(=O)c2nn3c(C(F)(F)F)cc(C)nc3c2Cl)c(C(=O)OC)c1C. The number of fused-ring (bicyclic) bond motifs is 1. The van der Waals surface area contributed by atoms with Crippen molar-refractivity contribution in [1.29, 1.82) is 0 Å². The molecule has 0 fully saturated rings. The number of hydrogen-bond acceptors (Lipinski definition) is 8. The second-order valence-electron chi connectivity index (χ2n) is 6.38. The van der Waals surface area contributed by atoms with Gasteiger partial charge in [0, 0.05) is 5.69 Å². The number of ether oxygens (including phenoxy) is 2. The van der Waals surface area contributed by atoms with E-state index >= 15 is 0 Å². The van der Waals surface area contributed by atoms with E-state index in [9.17, 15) is 27.6 Å². The second kappa shape index (κ2) is 8.39. The maximum absolute atomic E-state index is 13.4. The number of rotatable bonds is 4. The molecule has 0 bridgehead atoms. The van der Waals surface area contributed by atoms with Gasteiger partial charge >= 0.3 is 18.1 Å². The number of anilines is 1. The summed E-state index contributed by atoms with van der Waals surface area (Å²) in [6, 6.07) is 0.763. The third-order valence-corrected chi connectivity index (χ3v) is 5.84. The average Bonchev–Trinajstić information content (AvgIpc) is 3.22. The summed E-state index contributed by atoms with van der Waals surface area (Å²) in [5, 5.41) is 5.53. The molecule has 1 N–H and O–H groups in total. The van der Waals surface area contributed by atoms with Crippen LogP contribution in [0.5, 0.6) is 0 Å². The van der Waals surface area contributed by atoms with Crippen LogP contribution < -0.4 is 5.32 Å². The van der Waals surface area contributed by atoms with E-state index in [1.807, 2.05) is 0 Å². The van der Waals surface area contributed by atoms with Crippen LogP contribution in [0.2, 0.25) is 5.02 Å². The van der Waals surface area contributed by atoms with Crippen LogP contribution in [0.25, 0.3) is 5.65 Å². The monoisotopic (exact) mass is 490 g/mol. The first-order valence-electron chi connectivity index (χ1n) is 8.65. The first-order valence-corrected chi connectivity index (χ1v) is 9.84. The van der Waals surface area contributed by atoms with E-state index in [-0.39, 0.29) is 32.3 Å². The number of alkyl halides is 3. The van der Waals surface area contributed by atoms with Crippen LogP contribution in [0.4, 0.5) is 18.2 Å². The minimum absolute atomic E-state index is 0.0168. The Hall–Kier alpha value is -3.19. The van der Waals surface area contributed by atoms with Crippen LogP contribution in [0.1, 0.15) is 47.5 Å². The topological polar surface area (TPSA) is 112 Å². The van der Waals surface area contributed by atoms with E-state index < -0.39 is 40.4 Å². The zero-order chi connectivity index (χ0) is 24.0. The third-order valence-electron chi connectivity index (χ3n) is 4.30. The largest absolute Gasteiger partial charge is 0.465 e. The number of aryl methyl sites for hydroxylation is 1. The third kappa shape index (κ3) is 4.00. The fourth-order valence-corrected chi connectivity index (χ4v) is 4.21. The van der Waals surface area contributed by atoms with Gasteiger partial charge in [0.15, 0.2) is 11.3 Å². The maximum Gasteiger partial charge on any atom is 0.433 e. The van der Waals surface area contributed by atoms with Gasteiger partial charge < -0.3 is 14.8 Å². The number of esters is 2. The molecule has 0 unspecified atom stereocenters. The quantitative estimate of drug-likeness (QED) is 0.552. The smallest absolute Gasteiger partial charge is 0.433 e. The molecule has 0 atom stereocenters. The summed E-state index contributed by atoms with van der Waals surface area (Å²) in [6.45, 7) is 2.79. The Balaban J connectivity index is 2.11. The second-order valence-corrected chi connectivity index (χ2v) is 7.77. The summed E-state index contributed by atoms with van der Waals surface area (Å²) >= 11 is 6.84. The number of methoxy groups -OCH3 is 2. The van der Waals surface area contributed by atoms with E-state index in [0.717, 1.165) is 31.6 Å². The highest BCUT2D eigenvalue weighted by Gasteiger charge is 2.36. The van der Waals surface area contributed by atoms with Gasteiger partial charge in [0.2, 0.25) is 0 Å². The van der Waals surface area contributed by atoms with Crippen molar-refractivity contribution in [3.8, 4) is 0 Å². The molecular weight excluding hydrogens is 477 g/mol. The fourth-order valence-electron chi connectivity index (χ4n) is 2.86. The van der Waals surface area contributed by atoms with E-state index in [2.05, 4.69) is 20.1 Å². The number of carbonyl (C=O) groups is 3. The van der Waals surface area contributed by atoms with E-state index in [0.29, 0.717) is 4.52 Å². The van der Waals surface area contributed by atoms with Gasteiger partial charge in [-0.25, -0.2) is 19.1 Å². The zero-order valence-electron chi connectivity index (χ0n) is 16.9. The van der Waals surface area contributed by atoms with Gasteiger partial charge in [0.1, 0.15) is 20.6 Å². The molecule has 3 heterocycles. The number of thiophene rings is 1. The predicted molar refractivity (Wildman–Crippen MR) is 107 cm³/mol. The Labute approximate surface area is 187 Å². The summed E-state index contributed by atoms with van der Waals surface area (Å²) in [4.78, 5) is 41.0. The van der Waals surface area contributed by atoms with Gasteiger partial charge in [-0.3, -0.25) is 4.79 Å². The van der Waals surface area contributed by atoms with Crippen LogP contribution in [0.3, 0.4) is 0 Å². The van der Waals surface area contributed by atoms with Gasteiger partial charge in [-0.2, -0.15) is 18.3 Å². The van der Waals surface area contributed by atoms with Crippen molar-refractivity contribution in [2.45, 2.75) is 20.0 Å². The standard InChI is InChI=1S/C18H14ClF3N4O5S/c1-6-5-8(18(20,21)22)26-13(23-6)10(19)11(25-26)14(27)24-15-9(16(28)30-3)7(2)12(32-15)17(29)31-4/h5H,1-4H3,(H,24,27). The molecule has 170 valence electrons. The number of halogens is 4. The van der Waals surface area contributed by atoms with Gasteiger partial charge in [-0.1, -0.05) is 11.6 Å². The number of nitrogens with one attached hydrogen (secondary N) is 1. The van der Waals surface area contributed by atoms with Crippen molar-refractivity contribution < 1.29 is 37.0 Å². The fraction of sp³-hybridized carbons (Fsp3) is 0.278. The lowest BCUT2D eigenvalue weighted by atomic mass is 10.1. The molecule has 3 aromatic heterocycles. The van der Waals surface area contributed by atoms with Gasteiger partial charge in [-0.05, 0) is 25.5 Å². The minimum atomic E-state index is -4.78. The van der Waals surface area contributed by atoms with Gasteiger partial charge in [0.25, 0.3) is 5.91 Å². The summed E-state index contributed by atoms with van der Waals surface area (Å²) in [5.41, 5.74) is -2.00. The first-order chi connectivity index (χ1) is 14.9. The van der Waals surface area contributed by atoms with Crippen LogP contribution in [0, 0.1) is 13.8 Å². The minimum Gasteiger partial charge on any atom is -0.465 e. The maximum atomic E-state index is 13.4. The Morgan fingerprint density at radius 3 is 2.34 bits per heavy atom. The van der Waals surface area contributed by atoms with E-state index in [4.69, 9.17) is 16.3 Å². The molecule has 0 aliphatic rings. The first kappa shape index (κ1) is 23.5. The molecule has 9 nitrogen and oxygen atoms in total. The molecule has 0 aromatic carbocycles. The molecule has 1 amide bonds. The van der Waals surface area contributed by atoms with Crippen molar-refractivity contribution in [2.75, 3.05) is 19.5 Å². The summed E-state index contributed by atoms with van der Waals surface area (Å²) in [7, 11) is 2.25. The normalized spacial score (nSPS) is 11.5. The lowest BCUT2D eigenvalue weighted by molar-refractivity contribution is -0.142. The van der Waals surface area contributed by atoms with Crippen LogP contribution in [-0.4, -0.2) is 46.7 Å². The molecular formula is C18H14ClF3N4O5S. The van der Waals surface area contributed by atoms with E-state index in [1.165, 1.54) is 13.8 Å². The predicted octanol–water partition coefficient (Wildman–Crippen LogP) is 3.91. The molecule has 0 aliphatic heterocycles. The Morgan fingerprint density at radius 1 is 1.16 bits per heavy atom. The average molecular weight is 491 g/mol. The molecule has 3 aromatic rings. The molecule has 0 saturated carbocycles. The lowest BCUT2D eigenvalue weighted by Crippen LogP contribution is -2.16. The van der Waals surface area contributed by atoms with Gasteiger partial charge in [0.05, 0.1) is 19.8 Å². The number of amides is 1. The highest BCUT2D eigenvalue weighted by atomic mass is 35.5. The zero-order valence-corrected chi connectivity index (χ0v) is 18.5. The summed E-state index contributed by atoms with van der Waals surface area (Å²) in [5.74, 6) is -2.62. The van der Waals surface area contributed by atoms with Crippen molar-refractivity contribution >= 4 is 51.4 Å². The molecule has 14 heteroatoms. The van der Waals surface area contributed by atoms with Crippen LogP contribution in [0.15, 0.2) is 6.07 Å². The number of nitrogens with zero attached hydrogens (tertiary/aromatic N) is 3. The van der Waals surface area contributed by atoms with Crippen molar-refractivity contribution in [3.63, 3.8) is 0 Å². The lowest BCUT2D eigenvalue weighted by Gasteiger charge is -2.09. The summed E-state index contributed by atoms with van der Waals surface area (Å²) in [6.07, 6.45) is -4.78. The highest BCUT2D eigenvalue weighted by molar-refractivity contribution is 7.18. The van der Waals surface area contributed by atoms with Crippen molar-refractivity contribution in [3.05, 3.63) is 44.2 Å². The molecule has 0 spiro atoms. The number of carbonyl (C=O) groups excluding carboxylic acids is 3. The number of hydrogen-bond donors (Lipinski definition) is 1. The Kier molecular flexibility index (Phi) is 6.15. The van der Waals surface area contributed by atoms with Crippen molar-refractivity contribution in [1.82, 2.24) is 14.6 Å². The molecule has 3 rings (SSSR count). The summed E-state index contributed by atoms with van der Waals surface area (Å²) < 4.78 is 50.0. The van der Waals surface area contributed by atoms with Crippen LogP contribution in [-0.2, 0) is 15.7 Å². The Bertz CT molecular complexity index is 1270. The number of aromatic nitrogens is 3. The van der Waals surface area contributed by atoms with Gasteiger partial charge in [-0.15, -0.1) is 11.3 Å².